The van der Waals surface area contributed by atoms with Crippen LogP contribution in [0.4, 0.5) is 0 Å². The zero-order valence-electron chi connectivity index (χ0n) is 19.0. The van der Waals surface area contributed by atoms with E-state index in [-0.39, 0.29) is 11.7 Å². The van der Waals surface area contributed by atoms with E-state index in [1.807, 2.05) is 59.2 Å². The second-order valence-electron chi connectivity index (χ2n) is 7.18. The number of rotatable bonds is 9. The molecule has 0 spiro atoms. The zero-order chi connectivity index (χ0) is 24.6. The van der Waals surface area contributed by atoms with E-state index in [1.54, 1.807) is 32.4 Å². The molecule has 3 aromatic carbocycles. The van der Waals surface area contributed by atoms with E-state index >= 15 is 0 Å². The number of nitrogens with zero attached hydrogens (tertiary/aromatic N) is 4. The number of hydrogen-bond acceptors (Lipinski definition) is 7. The molecule has 4 aromatic rings. The Morgan fingerprint density at radius 1 is 1.06 bits per heavy atom. The highest BCUT2D eigenvalue weighted by Crippen LogP contribution is 2.29. The highest BCUT2D eigenvalue weighted by atomic mass is 79.9. The Balaban J connectivity index is 1.49. The van der Waals surface area contributed by atoms with Crippen molar-refractivity contribution in [2.24, 2.45) is 5.10 Å². The third kappa shape index (κ3) is 6.09. The van der Waals surface area contributed by atoms with Crippen molar-refractivity contribution in [1.29, 1.82) is 0 Å². The molecule has 0 atom stereocenters. The van der Waals surface area contributed by atoms with E-state index < -0.39 is 0 Å². The maximum Gasteiger partial charge on any atom is 0.250 e. The van der Waals surface area contributed by atoms with Crippen molar-refractivity contribution < 1.29 is 14.3 Å². The van der Waals surface area contributed by atoms with Crippen LogP contribution in [0.2, 0.25) is 0 Å². The summed E-state index contributed by atoms with van der Waals surface area (Å²) in [5.74, 6) is 1.80. The molecule has 1 N–H and O–H groups in total. The van der Waals surface area contributed by atoms with Gasteiger partial charge in [-0.2, -0.15) is 5.10 Å². The number of ether oxygens (including phenoxy) is 2. The molecule has 0 unspecified atom stereocenters. The van der Waals surface area contributed by atoms with Crippen molar-refractivity contribution in [3.8, 4) is 28.6 Å². The highest BCUT2D eigenvalue weighted by Gasteiger charge is 2.17. The van der Waals surface area contributed by atoms with Crippen LogP contribution < -0.4 is 14.9 Å². The van der Waals surface area contributed by atoms with Gasteiger partial charge in [-0.1, -0.05) is 58.0 Å². The number of aromatic nitrogens is 3. The van der Waals surface area contributed by atoms with Gasteiger partial charge in [-0.3, -0.25) is 9.36 Å². The lowest BCUT2D eigenvalue weighted by Crippen LogP contribution is -2.20. The van der Waals surface area contributed by atoms with Gasteiger partial charge in [0.15, 0.2) is 11.0 Å². The first-order valence-corrected chi connectivity index (χ1v) is 12.3. The minimum Gasteiger partial charge on any atom is -0.497 e. The molecular formula is C25H22BrN5O3S. The lowest BCUT2D eigenvalue weighted by Gasteiger charge is -2.10. The molecule has 10 heteroatoms. The van der Waals surface area contributed by atoms with Gasteiger partial charge in [0, 0.05) is 21.3 Å². The lowest BCUT2D eigenvalue weighted by molar-refractivity contribution is -0.118. The van der Waals surface area contributed by atoms with Gasteiger partial charge in [0.1, 0.15) is 11.5 Å². The van der Waals surface area contributed by atoms with E-state index in [0.717, 1.165) is 15.7 Å². The van der Waals surface area contributed by atoms with Crippen molar-refractivity contribution in [3.63, 3.8) is 0 Å². The van der Waals surface area contributed by atoms with E-state index in [9.17, 15) is 4.79 Å². The van der Waals surface area contributed by atoms with Crippen molar-refractivity contribution in [2.75, 3.05) is 20.0 Å². The molecule has 35 heavy (non-hydrogen) atoms. The first-order chi connectivity index (χ1) is 17.1. The summed E-state index contributed by atoms with van der Waals surface area (Å²) in [4.78, 5) is 12.5. The number of nitrogens with one attached hydrogen (secondary N) is 1. The van der Waals surface area contributed by atoms with Gasteiger partial charge >= 0.3 is 0 Å². The Bertz CT molecular complexity index is 1340. The summed E-state index contributed by atoms with van der Waals surface area (Å²) in [6.07, 6.45) is 1.52. The number of hydrogen-bond donors (Lipinski definition) is 1. The van der Waals surface area contributed by atoms with Gasteiger partial charge in [-0.15, -0.1) is 10.2 Å². The highest BCUT2D eigenvalue weighted by molar-refractivity contribution is 9.10. The predicted molar refractivity (Wildman–Crippen MR) is 141 cm³/mol. The quantitative estimate of drug-likeness (QED) is 0.180. The zero-order valence-corrected chi connectivity index (χ0v) is 21.4. The van der Waals surface area contributed by atoms with Crippen LogP contribution in [0.25, 0.3) is 17.1 Å². The third-order valence-corrected chi connectivity index (χ3v) is 6.31. The number of amides is 1. The van der Waals surface area contributed by atoms with Gasteiger partial charge in [-0.25, -0.2) is 5.43 Å². The van der Waals surface area contributed by atoms with Gasteiger partial charge in [-0.05, 0) is 42.5 Å². The van der Waals surface area contributed by atoms with Crippen LogP contribution in [0.1, 0.15) is 5.56 Å². The number of carbonyl (C=O) groups excluding carboxylic acids is 1. The maximum absolute atomic E-state index is 12.5. The predicted octanol–water partition coefficient (Wildman–Crippen LogP) is 4.96. The molecule has 0 saturated carbocycles. The summed E-state index contributed by atoms with van der Waals surface area (Å²) in [6.45, 7) is 0. The number of carbonyl (C=O) groups is 1. The van der Waals surface area contributed by atoms with E-state index in [1.165, 1.54) is 18.0 Å². The third-order valence-electron chi connectivity index (χ3n) is 4.89. The van der Waals surface area contributed by atoms with E-state index in [2.05, 4.69) is 36.7 Å². The molecule has 0 saturated heterocycles. The second kappa shape index (κ2) is 11.7. The number of benzene rings is 3. The Kier molecular flexibility index (Phi) is 8.17. The maximum atomic E-state index is 12.5. The molecule has 1 heterocycles. The molecule has 0 aliphatic heterocycles. The summed E-state index contributed by atoms with van der Waals surface area (Å²) in [5, 5.41) is 13.4. The average molecular weight is 552 g/mol. The first-order valence-electron chi connectivity index (χ1n) is 10.5. The van der Waals surface area contributed by atoms with Crippen molar-refractivity contribution in [1.82, 2.24) is 20.2 Å². The van der Waals surface area contributed by atoms with Crippen molar-refractivity contribution in [2.45, 2.75) is 5.16 Å². The standard InChI is InChI=1S/C25H22BrN5O3S/c1-33-21-11-12-22(34-2)18(14-21)15-27-28-23(32)16-35-25-30-29-24(17-7-6-8-19(26)13-17)31(25)20-9-4-3-5-10-20/h3-15H,16H2,1-2H3,(H,28,32)/b27-15-. The number of hydrazone groups is 1. The lowest BCUT2D eigenvalue weighted by atomic mass is 10.2. The molecule has 0 radical (unpaired) electrons. The van der Waals surface area contributed by atoms with Crippen LogP contribution in [0.15, 0.2) is 87.5 Å². The molecule has 0 fully saturated rings. The Morgan fingerprint density at radius 3 is 2.63 bits per heavy atom. The van der Waals surface area contributed by atoms with Crippen molar-refractivity contribution in [3.05, 3.63) is 82.8 Å². The largest absolute Gasteiger partial charge is 0.497 e. The summed E-state index contributed by atoms with van der Waals surface area (Å²) in [7, 11) is 3.15. The molecule has 0 aliphatic carbocycles. The smallest absolute Gasteiger partial charge is 0.250 e. The minimum absolute atomic E-state index is 0.107. The fourth-order valence-electron chi connectivity index (χ4n) is 3.26. The fraction of sp³-hybridized carbons (Fsp3) is 0.120. The molecule has 4 rings (SSSR count). The molecule has 1 aromatic heterocycles. The number of halogens is 1. The molecule has 0 bridgehead atoms. The number of methoxy groups -OCH3 is 2. The Hall–Kier alpha value is -3.63. The van der Waals surface area contributed by atoms with Crippen LogP contribution in [0, 0.1) is 0 Å². The summed E-state index contributed by atoms with van der Waals surface area (Å²) in [6, 6.07) is 23.0. The molecule has 178 valence electrons. The van der Waals surface area contributed by atoms with Crippen LogP contribution in [0.5, 0.6) is 11.5 Å². The van der Waals surface area contributed by atoms with Crippen LogP contribution >= 0.6 is 27.7 Å². The van der Waals surface area contributed by atoms with Crippen molar-refractivity contribution >= 4 is 39.8 Å². The average Bonchev–Trinajstić information content (AvgIpc) is 3.32. The van der Waals surface area contributed by atoms with Crippen LogP contribution in [-0.2, 0) is 4.79 Å². The Morgan fingerprint density at radius 2 is 1.89 bits per heavy atom. The van der Waals surface area contributed by atoms with Gasteiger partial charge in [0.2, 0.25) is 0 Å². The van der Waals surface area contributed by atoms with E-state index in [4.69, 9.17) is 9.47 Å². The summed E-state index contributed by atoms with van der Waals surface area (Å²) < 4.78 is 13.4. The minimum atomic E-state index is -0.278. The van der Waals surface area contributed by atoms with E-state index in [0.29, 0.717) is 28.0 Å². The molecule has 1 amide bonds. The van der Waals surface area contributed by atoms with Crippen LogP contribution in [0.3, 0.4) is 0 Å². The normalized spacial score (nSPS) is 10.9. The van der Waals surface area contributed by atoms with Gasteiger partial charge in [0.05, 0.1) is 26.2 Å². The van der Waals surface area contributed by atoms with Gasteiger partial charge < -0.3 is 9.47 Å². The van der Waals surface area contributed by atoms with Crippen LogP contribution in [-0.4, -0.2) is 46.9 Å². The first kappa shape index (κ1) is 24.5. The molecule has 0 aliphatic rings. The molecule has 8 nitrogen and oxygen atoms in total. The summed E-state index contributed by atoms with van der Waals surface area (Å²) in [5.41, 5.74) is 5.04. The topological polar surface area (TPSA) is 90.6 Å². The number of para-hydroxylation sites is 1. The number of thioether (sulfide) groups is 1. The SMILES string of the molecule is COc1ccc(OC)c(/C=N\NC(=O)CSc2nnc(-c3cccc(Br)c3)n2-c2ccccc2)c1. The van der Waals surface area contributed by atoms with Gasteiger partial charge in [0.25, 0.3) is 5.91 Å². The molecular weight excluding hydrogens is 530 g/mol. The fourth-order valence-corrected chi connectivity index (χ4v) is 4.41. The second-order valence-corrected chi connectivity index (χ2v) is 9.04. The summed E-state index contributed by atoms with van der Waals surface area (Å²) >= 11 is 4.79. The Labute approximate surface area is 215 Å². The monoisotopic (exact) mass is 551 g/mol.